The Morgan fingerprint density at radius 1 is 1.28 bits per heavy atom. The van der Waals surface area contributed by atoms with E-state index in [4.69, 9.17) is 10.3 Å². The molecule has 0 radical (unpaired) electrons. The number of nitrogen functional groups attached to an aromatic ring is 1. The van der Waals surface area contributed by atoms with Gasteiger partial charge in [-0.2, -0.15) is 5.10 Å². The van der Waals surface area contributed by atoms with Gasteiger partial charge in [0.15, 0.2) is 5.65 Å². The molecule has 0 fully saturated rings. The molecule has 0 bridgehead atoms. The second-order valence-corrected chi connectivity index (χ2v) is 4.13. The van der Waals surface area contributed by atoms with Crippen molar-refractivity contribution < 1.29 is 4.52 Å². The molecular formula is C11H12N6O. The van der Waals surface area contributed by atoms with E-state index in [1.165, 1.54) is 6.33 Å². The van der Waals surface area contributed by atoms with E-state index in [2.05, 4.69) is 20.2 Å². The Balaban J connectivity index is 2.44. The first-order valence-corrected chi connectivity index (χ1v) is 5.46. The number of aryl methyl sites for hydroxylation is 3. The third kappa shape index (κ3) is 1.30. The average Bonchev–Trinajstić information content (AvgIpc) is 2.82. The van der Waals surface area contributed by atoms with Crippen molar-refractivity contribution in [2.24, 2.45) is 7.05 Å². The average molecular weight is 244 g/mol. The first kappa shape index (κ1) is 10.7. The second-order valence-electron chi connectivity index (χ2n) is 4.13. The van der Waals surface area contributed by atoms with Crippen LogP contribution < -0.4 is 5.73 Å². The van der Waals surface area contributed by atoms with Crippen molar-refractivity contribution in [3.05, 3.63) is 17.8 Å². The molecule has 3 rings (SSSR count). The molecule has 0 unspecified atom stereocenters. The summed E-state index contributed by atoms with van der Waals surface area (Å²) in [6, 6.07) is 0. The molecule has 0 saturated heterocycles. The van der Waals surface area contributed by atoms with Gasteiger partial charge in [-0.3, -0.25) is 0 Å². The molecule has 0 aliphatic carbocycles. The SMILES string of the molecule is Cc1noc(C)c1-c1nn(C)c2ncnc(N)c12. The zero-order valence-corrected chi connectivity index (χ0v) is 10.3. The quantitative estimate of drug-likeness (QED) is 0.691. The molecule has 0 amide bonds. The Labute approximate surface area is 103 Å². The van der Waals surface area contributed by atoms with Gasteiger partial charge in [-0.15, -0.1) is 0 Å². The van der Waals surface area contributed by atoms with E-state index in [0.717, 1.165) is 16.6 Å². The number of fused-ring (bicyclic) bond motifs is 1. The number of aromatic nitrogens is 5. The third-order valence-corrected chi connectivity index (χ3v) is 2.92. The lowest BCUT2D eigenvalue weighted by Crippen LogP contribution is -1.95. The summed E-state index contributed by atoms with van der Waals surface area (Å²) in [5.41, 5.74) is 8.95. The first-order chi connectivity index (χ1) is 8.59. The minimum Gasteiger partial charge on any atom is -0.383 e. The van der Waals surface area contributed by atoms with Crippen molar-refractivity contribution in [1.82, 2.24) is 24.9 Å². The van der Waals surface area contributed by atoms with Gasteiger partial charge in [-0.25, -0.2) is 14.6 Å². The van der Waals surface area contributed by atoms with Gasteiger partial charge >= 0.3 is 0 Å². The van der Waals surface area contributed by atoms with Gasteiger partial charge in [-0.05, 0) is 13.8 Å². The van der Waals surface area contributed by atoms with Gasteiger partial charge in [0.2, 0.25) is 0 Å². The van der Waals surface area contributed by atoms with E-state index in [9.17, 15) is 0 Å². The number of nitrogens with two attached hydrogens (primary N) is 1. The highest BCUT2D eigenvalue weighted by molar-refractivity contribution is 5.98. The van der Waals surface area contributed by atoms with Crippen LogP contribution in [0, 0.1) is 13.8 Å². The van der Waals surface area contributed by atoms with Gasteiger partial charge in [0.25, 0.3) is 0 Å². The molecule has 0 aliphatic heterocycles. The van der Waals surface area contributed by atoms with Crippen LogP contribution in [0.25, 0.3) is 22.3 Å². The molecule has 7 nitrogen and oxygen atoms in total. The molecule has 92 valence electrons. The Morgan fingerprint density at radius 3 is 2.72 bits per heavy atom. The Bertz CT molecular complexity index is 722. The van der Waals surface area contributed by atoms with E-state index in [1.54, 1.807) is 4.68 Å². The number of anilines is 1. The van der Waals surface area contributed by atoms with Gasteiger partial charge in [0.05, 0.1) is 16.6 Å². The van der Waals surface area contributed by atoms with Crippen LogP contribution in [-0.2, 0) is 7.05 Å². The van der Waals surface area contributed by atoms with Crippen LogP contribution in [0.15, 0.2) is 10.9 Å². The molecular weight excluding hydrogens is 232 g/mol. The lowest BCUT2D eigenvalue weighted by Gasteiger charge is -1.97. The minimum atomic E-state index is 0.406. The molecule has 7 heteroatoms. The minimum absolute atomic E-state index is 0.406. The van der Waals surface area contributed by atoms with Crippen LogP contribution in [0.4, 0.5) is 5.82 Å². The summed E-state index contributed by atoms with van der Waals surface area (Å²) < 4.78 is 6.84. The molecule has 3 aromatic heterocycles. The molecule has 3 heterocycles. The van der Waals surface area contributed by atoms with Crippen molar-refractivity contribution in [2.45, 2.75) is 13.8 Å². The highest BCUT2D eigenvalue weighted by Gasteiger charge is 2.21. The summed E-state index contributed by atoms with van der Waals surface area (Å²) in [6.07, 6.45) is 1.43. The fraction of sp³-hybridized carbons (Fsp3) is 0.273. The molecule has 2 N–H and O–H groups in total. The summed E-state index contributed by atoms with van der Waals surface area (Å²) >= 11 is 0. The van der Waals surface area contributed by atoms with Crippen molar-refractivity contribution in [2.75, 3.05) is 5.73 Å². The predicted molar refractivity (Wildman–Crippen MR) is 65.7 cm³/mol. The number of hydrogen-bond acceptors (Lipinski definition) is 6. The maximum atomic E-state index is 5.92. The van der Waals surface area contributed by atoms with E-state index in [0.29, 0.717) is 22.9 Å². The summed E-state index contributed by atoms with van der Waals surface area (Å²) in [5.74, 6) is 1.11. The third-order valence-electron chi connectivity index (χ3n) is 2.92. The first-order valence-electron chi connectivity index (χ1n) is 5.46. The monoisotopic (exact) mass is 244 g/mol. The number of nitrogens with zero attached hydrogens (tertiary/aromatic N) is 5. The van der Waals surface area contributed by atoms with Gasteiger partial charge < -0.3 is 10.3 Å². The van der Waals surface area contributed by atoms with E-state index < -0.39 is 0 Å². The topological polar surface area (TPSA) is 95.6 Å². The second kappa shape index (κ2) is 3.52. The summed E-state index contributed by atoms with van der Waals surface area (Å²) in [6.45, 7) is 3.71. The van der Waals surface area contributed by atoms with Crippen molar-refractivity contribution in [3.63, 3.8) is 0 Å². The molecule has 0 spiro atoms. The molecule has 0 aromatic carbocycles. The summed E-state index contributed by atoms with van der Waals surface area (Å²) in [5, 5.41) is 9.11. The molecule has 18 heavy (non-hydrogen) atoms. The maximum Gasteiger partial charge on any atom is 0.163 e. The normalized spacial score (nSPS) is 11.3. The van der Waals surface area contributed by atoms with Crippen LogP contribution in [0.3, 0.4) is 0 Å². The Kier molecular flexibility index (Phi) is 2.09. The molecule has 0 atom stereocenters. The molecule has 0 aliphatic rings. The molecule has 3 aromatic rings. The largest absolute Gasteiger partial charge is 0.383 e. The van der Waals surface area contributed by atoms with Gasteiger partial charge in [-0.1, -0.05) is 5.16 Å². The van der Waals surface area contributed by atoms with Crippen LogP contribution >= 0.6 is 0 Å². The van der Waals surface area contributed by atoms with Crippen LogP contribution in [0.2, 0.25) is 0 Å². The van der Waals surface area contributed by atoms with Gasteiger partial charge in [0.1, 0.15) is 23.6 Å². The highest BCUT2D eigenvalue weighted by atomic mass is 16.5. The summed E-state index contributed by atoms with van der Waals surface area (Å²) in [7, 11) is 1.82. The fourth-order valence-corrected chi connectivity index (χ4v) is 2.11. The van der Waals surface area contributed by atoms with Crippen LogP contribution in [0.5, 0.6) is 0 Å². The van der Waals surface area contributed by atoms with Crippen molar-refractivity contribution >= 4 is 16.9 Å². The number of hydrogen-bond donors (Lipinski definition) is 1. The Morgan fingerprint density at radius 2 is 2.06 bits per heavy atom. The smallest absolute Gasteiger partial charge is 0.163 e. The van der Waals surface area contributed by atoms with Gasteiger partial charge in [0, 0.05) is 7.05 Å². The van der Waals surface area contributed by atoms with E-state index in [-0.39, 0.29) is 0 Å². The zero-order chi connectivity index (χ0) is 12.9. The standard InChI is InChI=1S/C11H12N6O/c1-5-7(6(2)18-16-5)9-8-10(12)13-4-14-11(8)17(3)15-9/h4H,1-3H3,(H2,12,13,14). The Hall–Kier alpha value is -2.44. The zero-order valence-electron chi connectivity index (χ0n) is 10.3. The van der Waals surface area contributed by atoms with E-state index >= 15 is 0 Å². The predicted octanol–water partition coefficient (Wildman–Crippen LogP) is 1.22. The summed E-state index contributed by atoms with van der Waals surface area (Å²) in [4.78, 5) is 8.20. The van der Waals surface area contributed by atoms with Crippen molar-refractivity contribution in [1.29, 1.82) is 0 Å². The van der Waals surface area contributed by atoms with Crippen LogP contribution in [0.1, 0.15) is 11.5 Å². The highest BCUT2D eigenvalue weighted by Crippen LogP contribution is 2.33. The van der Waals surface area contributed by atoms with Crippen LogP contribution in [-0.4, -0.2) is 24.9 Å². The van der Waals surface area contributed by atoms with E-state index in [1.807, 2.05) is 20.9 Å². The fourth-order valence-electron chi connectivity index (χ4n) is 2.11. The lowest BCUT2D eigenvalue weighted by molar-refractivity contribution is 0.393. The lowest BCUT2D eigenvalue weighted by atomic mass is 10.1. The number of rotatable bonds is 1. The van der Waals surface area contributed by atoms with Crippen molar-refractivity contribution in [3.8, 4) is 11.3 Å². The maximum absolute atomic E-state index is 5.92. The molecule has 0 saturated carbocycles.